The van der Waals surface area contributed by atoms with Crippen molar-refractivity contribution in [1.82, 2.24) is 4.90 Å². The standard InChI is InChI=1S/C15H29NO2/c1-18-12-5-4-11-16-10-3-2-8-14(16)13-7-6-9-15(13)17/h13-15,17H,2-12H2,1H3. The highest BCUT2D eigenvalue weighted by atomic mass is 16.5. The zero-order valence-electron chi connectivity index (χ0n) is 11.8. The number of ether oxygens (including phenoxy) is 1. The van der Waals surface area contributed by atoms with Gasteiger partial charge in [-0.15, -0.1) is 0 Å². The second kappa shape index (κ2) is 7.46. The first kappa shape index (κ1) is 14.3. The summed E-state index contributed by atoms with van der Waals surface area (Å²) in [5.41, 5.74) is 0. The summed E-state index contributed by atoms with van der Waals surface area (Å²) >= 11 is 0. The van der Waals surface area contributed by atoms with Crippen LogP contribution in [-0.4, -0.2) is 49.0 Å². The van der Waals surface area contributed by atoms with E-state index in [0.717, 1.165) is 19.4 Å². The first-order valence-electron chi connectivity index (χ1n) is 7.74. The van der Waals surface area contributed by atoms with Crippen molar-refractivity contribution >= 4 is 0 Å². The Bertz CT molecular complexity index is 235. The number of aliphatic hydroxyl groups is 1. The molecular weight excluding hydrogens is 226 g/mol. The molecule has 1 aliphatic heterocycles. The molecule has 3 atom stereocenters. The van der Waals surface area contributed by atoms with Crippen molar-refractivity contribution in [2.45, 2.75) is 63.5 Å². The summed E-state index contributed by atoms with van der Waals surface area (Å²) in [5, 5.41) is 10.1. The Kier molecular flexibility index (Phi) is 5.93. The normalized spacial score (nSPS) is 34.0. The first-order valence-corrected chi connectivity index (χ1v) is 7.74. The average molecular weight is 255 g/mol. The van der Waals surface area contributed by atoms with E-state index in [4.69, 9.17) is 4.74 Å². The van der Waals surface area contributed by atoms with Gasteiger partial charge in [0.15, 0.2) is 0 Å². The molecule has 1 saturated carbocycles. The fourth-order valence-electron chi connectivity index (χ4n) is 3.76. The van der Waals surface area contributed by atoms with Gasteiger partial charge >= 0.3 is 0 Å². The van der Waals surface area contributed by atoms with E-state index in [1.54, 1.807) is 7.11 Å². The van der Waals surface area contributed by atoms with Crippen LogP contribution in [0.25, 0.3) is 0 Å². The van der Waals surface area contributed by atoms with Crippen molar-refractivity contribution in [3.63, 3.8) is 0 Å². The van der Waals surface area contributed by atoms with Gasteiger partial charge in [0.05, 0.1) is 6.10 Å². The summed E-state index contributed by atoms with van der Waals surface area (Å²) in [4.78, 5) is 2.65. The number of rotatable bonds is 6. The molecule has 0 amide bonds. The molecule has 2 rings (SSSR count). The van der Waals surface area contributed by atoms with Gasteiger partial charge in [0.25, 0.3) is 0 Å². The van der Waals surface area contributed by atoms with Gasteiger partial charge < -0.3 is 14.7 Å². The molecule has 2 fully saturated rings. The zero-order chi connectivity index (χ0) is 12.8. The highest BCUT2D eigenvalue weighted by Crippen LogP contribution is 2.35. The van der Waals surface area contributed by atoms with Gasteiger partial charge in [-0.3, -0.25) is 0 Å². The van der Waals surface area contributed by atoms with Crippen LogP contribution in [0, 0.1) is 5.92 Å². The van der Waals surface area contributed by atoms with E-state index in [2.05, 4.69) is 4.90 Å². The minimum absolute atomic E-state index is 0.0328. The molecule has 1 aliphatic carbocycles. The minimum Gasteiger partial charge on any atom is -0.393 e. The van der Waals surface area contributed by atoms with E-state index in [0.29, 0.717) is 12.0 Å². The Morgan fingerprint density at radius 1 is 1.11 bits per heavy atom. The number of hydrogen-bond donors (Lipinski definition) is 1. The van der Waals surface area contributed by atoms with Crippen LogP contribution in [0.2, 0.25) is 0 Å². The fraction of sp³-hybridized carbons (Fsp3) is 1.00. The molecule has 2 aliphatic rings. The number of nitrogens with zero attached hydrogens (tertiary/aromatic N) is 1. The maximum absolute atomic E-state index is 10.1. The maximum atomic E-state index is 10.1. The zero-order valence-corrected chi connectivity index (χ0v) is 11.8. The van der Waals surface area contributed by atoms with Crippen LogP contribution in [0.1, 0.15) is 51.4 Å². The van der Waals surface area contributed by atoms with Crippen molar-refractivity contribution in [3.05, 3.63) is 0 Å². The third kappa shape index (κ3) is 3.69. The summed E-state index contributed by atoms with van der Waals surface area (Å²) in [6, 6.07) is 0.652. The molecule has 3 nitrogen and oxygen atoms in total. The molecule has 0 spiro atoms. The van der Waals surface area contributed by atoms with Crippen molar-refractivity contribution < 1.29 is 9.84 Å². The van der Waals surface area contributed by atoms with E-state index in [9.17, 15) is 5.11 Å². The highest BCUT2D eigenvalue weighted by molar-refractivity contribution is 4.90. The molecule has 1 saturated heterocycles. The lowest BCUT2D eigenvalue weighted by molar-refractivity contribution is 0.0337. The number of aliphatic hydroxyl groups excluding tert-OH is 1. The summed E-state index contributed by atoms with van der Waals surface area (Å²) in [7, 11) is 1.78. The highest BCUT2D eigenvalue weighted by Gasteiger charge is 2.36. The first-order chi connectivity index (χ1) is 8.83. The number of piperidine rings is 1. The number of methoxy groups -OCH3 is 1. The molecule has 0 aromatic carbocycles. The van der Waals surface area contributed by atoms with Crippen LogP contribution < -0.4 is 0 Å². The predicted molar refractivity (Wildman–Crippen MR) is 73.7 cm³/mol. The third-order valence-corrected chi connectivity index (χ3v) is 4.73. The smallest absolute Gasteiger partial charge is 0.0583 e. The lowest BCUT2D eigenvalue weighted by atomic mass is 9.87. The molecule has 0 radical (unpaired) electrons. The molecule has 0 aromatic rings. The van der Waals surface area contributed by atoms with Crippen LogP contribution in [0.3, 0.4) is 0 Å². The van der Waals surface area contributed by atoms with Gasteiger partial charge in [-0.25, -0.2) is 0 Å². The fourth-order valence-corrected chi connectivity index (χ4v) is 3.76. The maximum Gasteiger partial charge on any atom is 0.0583 e. The van der Waals surface area contributed by atoms with Crippen molar-refractivity contribution in [2.75, 3.05) is 26.8 Å². The summed E-state index contributed by atoms with van der Waals surface area (Å²) in [6.07, 6.45) is 9.83. The average Bonchev–Trinajstić information content (AvgIpc) is 2.81. The largest absolute Gasteiger partial charge is 0.393 e. The van der Waals surface area contributed by atoms with E-state index >= 15 is 0 Å². The summed E-state index contributed by atoms with van der Waals surface area (Å²) in [6.45, 7) is 3.31. The van der Waals surface area contributed by atoms with Gasteiger partial charge in [0.2, 0.25) is 0 Å². The van der Waals surface area contributed by atoms with Gasteiger partial charge in [-0.05, 0) is 51.6 Å². The quantitative estimate of drug-likeness (QED) is 0.740. The number of hydrogen-bond acceptors (Lipinski definition) is 3. The molecule has 3 unspecified atom stereocenters. The lowest BCUT2D eigenvalue weighted by Crippen LogP contribution is -2.46. The Morgan fingerprint density at radius 2 is 2.00 bits per heavy atom. The van der Waals surface area contributed by atoms with E-state index in [1.165, 1.54) is 51.6 Å². The molecule has 106 valence electrons. The number of unbranched alkanes of at least 4 members (excludes halogenated alkanes) is 1. The Labute approximate surface area is 112 Å². The van der Waals surface area contributed by atoms with E-state index < -0.39 is 0 Å². The van der Waals surface area contributed by atoms with Crippen LogP contribution in [0.15, 0.2) is 0 Å². The minimum atomic E-state index is -0.0328. The Balaban J connectivity index is 1.81. The molecule has 0 aromatic heterocycles. The SMILES string of the molecule is COCCCCN1CCCCC1C1CCCC1O. The Morgan fingerprint density at radius 3 is 2.72 bits per heavy atom. The van der Waals surface area contributed by atoms with Crippen LogP contribution >= 0.6 is 0 Å². The second-order valence-corrected chi connectivity index (χ2v) is 5.96. The molecule has 1 heterocycles. The van der Waals surface area contributed by atoms with Crippen LogP contribution in [-0.2, 0) is 4.74 Å². The van der Waals surface area contributed by atoms with Crippen molar-refractivity contribution in [1.29, 1.82) is 0 Å². The molecule has 3 heteroatoms. The third-order valence-electron chi connectivity index (χ3n) is 4.73. The van der Waals surface area contributed by atoms with Gasteiger partial charge in [0.1, 0.15) is 0 Å². The Hall–Kier alpha value is -0.120. The topological polar surface area (TPSA) is 32.7 Å². The number of likely N-dealkylation sites (tertiary alicyclic amines) is 1. The van der Waals surface area contributed by atoms with Crippen LogP contribution in [0.4, 0.5) is 0 Å². The van der Waals surface area contributed by atoms with Gasteiger partial charge in [0, 0.05) is 25.7 Å². The molecule has 0 bridgehead atoms. The van der Waals surface area contributed by atoms with Gasteiger partial charge in [-0.2, -0.15) is 0 Å². The van der Waals surface area contributed by atoms with E-state index in [-0.39, 0.29) is 6.10 Å². The predicted octanol–water partition coefficient (Wildman–Crippen LogP) is 2.43. The molecular formula is C15H29NO2. The lowest BCUT2D eigenvalue weighted by Gasteiger charge is -2.40. The monoisotopic (exact) mass is 255 g/mol. The molecule has 18 heavy (non-hydrogen) atoms. The van der Waals surface area contributed by atoms with E-state index in [1.807, 2.05) is 0 Å². The van der Waals surface area contributed by atoms with Gasteiger partial charge in [-0.1, -0.05) is 12.8 Å². The van der Waals surface area contributed by atoms with Crippen LogP contribution in [0.5, 0.6) is 0 Å². The molecule has 1 N–H and O–H groups in total. The second-order valence-electron chi connectivity index (χ2n) is 5.96. The summed E-state index contributed by atoms with van der Waals surface area (Å²) < 4.78 is 5.12. The van der Waals surface area contributed by atoms with Crippen molar-refractivity contribution in [2.24, 2.45) is 5.92 Å². The summed E-state index contributed by atoms with van der Waals surface area (Å²) in [5.74, 6) is 0.549. The van der Waals surface area contributed by atoms with Crippen molar-refractivity contribution in [3.8, 4) is 0 Å².